The van der Waals surface area contributed by atoms with Gasteiger partial charge in [-0.3, -0.25) is 9.69 Å². The van der Waals surface area contributed by atoms with Gasteiger partial charge in [-0.15, -0.1) is 0 Å². The van der Waals surface area contributed by atoms with Gasteiger partial charge in [0.2, 0.25) is 0 Å². The molecule has 2 aromatic rings. The lowest BCUT2D eigenvalue weighted by Gasteiger charge is -2.43. The van der Waals surface area contributed by atoms with Crippen molar-refractivity contribution < 1.29 is 18.0 Å². The molecule has 10 heteroatoms. The number of hydrogen-bond acceptors (Lipinski definition) is 5. The zero-order valence-corrected chi connectivity index (χ0v) is 29.1. The highest BCUT2D eigenvalue weighted by Gasteiger charge is 2.59. The fourth-order valence-corrected chi connectivity index (χ4v) is 5.39. The van der Waals surface area contributed by atoms with Crippen LogP contribution in [0.3, 0.4) is 0 Å². The van der Waals surface area contributed by atoms with Crippen LogP contribution in [-0.2, 0) is 17.4 Å². The number of nitrogens with two attached hydrogens (primary N) is 1. The van der Waals surface area contributed by atoms with E-state index in [1.807, 2.05) is 65.8 Å². The van der Waals surface area contributed by atoms with E-state index in [9.17, 15) is 18.0 Å². The SMILES string of the molecule is C=C(CCCc1ccc(N2C(=S)N(c3ccc(C#N)c(C(F)(F)F)c3)C(=O)C23CCC3)cc1)NCCC.CC.CC.CC.CN. The highest BCUT2D eigenvalue weighted by atomic mass is 32.1. The number of aryl methyl sites for hydroxylation is 1. The molecule has 0 unspecified atom stereocenters. The standard InChI is InChI=1S/C28H29F3N4OS.3C2H6.CH5N/c1-3-16-33-19(2)6-4-7-20-8-11-22(12-9-20)35-26(37)34(25(36)27(35)14-5-15-27)23-13-10-21(18-32)24(17-23)28(29,30)31;4*1-2/h8-13,17,33H,2-7,14-16H2,1H3;3*1-2H3;2H2,1H3. The number of halogens is 3. The summed E-state index contributed by atoms with van der Waals surface area (Å²) < 4.78 is 40.8. The van der Waals surface area contributed by atoms with Crippen molar-refractivity contribution in [2.75, 3.05) is 23.4 Å². The van der Waals surface area contributed by atoms with E-state index >= 15 is 0 Å². The Bertz CT molecular complexity index is 1250. The highest BCUT2D eigenvalue weighted by Crippen LogP contribution is 2.48. The highest BCUT2D eigenvalue weighted by molar-refractivity contribution is 7.81. The topological polar surface area (TPSA) is 85.4 Å². The van der Waals surface area contributed by atoms with Gasteiger partial charge in [0.15, 0.2) is 5.11 Å². The van der Waals surface area contributed by atoms with Gasteiger partial charge in [-0.25, -0.2) is 0 Å². The van der Waals surface area contributed by atoms with Crippen LogP contribution in [0.25, 0.3) is 0 Å². The molecule has 1 saturated carbocycles. The predicted octanol–water partition coefficient (Wildman–Crippen LogP) is 9.13. The number of benzene rings is 2. The minimum atomic E-state index is -4.73. The van der Waals surface area contributed by atoms with Crippen LogP contribution >= 0.6 is 12.2 Å². The molecule has 1 aliphatic carbocycles. The van der Waals surface area contributed by atoms with Crippen LogP contribution in [0.15, 0.2) is 54.7 Å². The summed E-state index contributed by atoms with van der Waals surface area (Å²) in [5, 5.41) is 12.6. The van der Waals surface area contributed by atoms with Crippen molar-refractivity contribution in [2.45, 2.75) is 105 Å². The molecule has 2 aliphatic rings. The Kier molecular flexibility index (Phi) is 19.0. The number of amides is 1. The quantitative estimate of drug-likeness (QED) is 0.264. The fraction of sp³-hybridized carbons (Fsp3) is 0.514. The second kappa shape index (κ2) is 20.6. The Hall–Kier alpha value is -3.42. The molecule has 0 atom stereocenters. The fourth-order valence-electron chi connectivity index (χ4n) is 4.92. The first-order chi connectivity index (χ1) is 21.6. The third kappa shape index (κ3) is 10.0. The summed E-state index contributed by atoms with van der Waals surface area (Å²) in [5.41, 5.74) is 4.96. The third-order valence-electron chi connectivity index (χ3n) is 7.04. The van der Waals surface area contributed by atoms with Crippen molar-refractivity contribution >= 4 is 34.6 Å². The van der Waals surface area contributed by atoms with Gasteiger partial charge in [0.25, 0.3) is 5.91 Å². The Labute approximate surface area is 274 Å². The molecular weight excluding hydrogens is 595 g/mol. The first-order valence-electron chi connectivity index (χ1n) is 16.0. The van der Waals surface area contributed by atoms with Gasteiger partial charge >= 0.3 is 6.18 Å². The van der Waals surface area contributed by atoms with Gasteiger partial charge in [-0.1, -0.05) is 67.2 Å². The number of nitrogens with zero attached hydrogens (tertiary/aromatic N) is 3. The van der Waals surface area contributed by atoms with Gasteiger partial charge in [-0.05, 0) is 100 Å². The Morgan fingerprint density at radius 3 is 2.07 bits per heavy atom. The molecule has 0 bridgehead atoms. The summed E-state index contributed by atoms with van der Waals surface area (Å²) in [5.74, 6) is -0.330. The molecule has 0 radical (unpaired) electrons. The van der Waals surface area contributed by atoms with Crippen LogP contribution in [0, 0.1) is 11.3 Å². The summed E-state index contributed by atoms with van der Waals surface area (Å²) in [4.78, 5) is 16.6. The molecule has 1 heterocycles. The largest absolute Gasteiger partial charge is 0.417 e. The van der Waals surface area contributed by atoms with E-state index in [2.05, 4.69) is 24.6 Å². The molecular formula is C35H52F3N5OS. The molecule has 1 amide bonds. The molecule has 0 aromatic heterocycles. The van der Waals surface area contributed by atoms with Crippen molar-refractivity contribution in [2.24, 2.45) is 5.73 Å². The lowest BCUT2D eigenvalue weighted by atomic mass is 9.75. The first-order valence-corrected chi connectivity index (χ1v) is 16.4. The maximum absolute atomic E-state index is 13.6. The van der Waals surface area contributed by atoms with E-state index in [0.29, 0.717) is 12.8 Å². The van der Waals surface area contributed by atoms with Gasteiger partial charge in [0.05, 0.1) is 22.9 Å². The van der Waals surface area contributed by atoms with E-state index in [1.165, 1.54) is 18.0 Å². The smallest absolute Gasteiger partial charge is 0.389 e. The Morgan fingerprint density at radius 1 is 1.04 bits per heavy atom. The normalized spacial score (nSPS) is 14.2. The van der Waals surface area contributed by atoms with Crippen molar-refractivity contribution in [1.29, 1.82) is 5.26 Å². The van der Waals surface area contributed by atoms with Crippen LogP contribution < -0.4 is 20.9 Å². The van der Waals surface area contributed by atoms with E-state index in [4.69, 9.17) is 17.5 Å². The maximum Gasteiger partial charge on any atom is 0.417 e. The second-order valence-electron chi connectivity index (χ2n) is 9.53. The number of alkyl halides is 3. The van der Waals surface area contributed by atoms with Crippen molar-refractivity contribution in [1.82, 2.24) is 5.32 Å². The van der Waals surface area contributed by atoms with E-state index < -0.39 is 22.8 Å². The monoisotopic (exact) mass is 647 g/mol. The number of rotatable bonds is 9. The summed E-state index contributed by atoms with van der Waals surface area (Å²) in [6, 6.07) is 12.7. The number of hydrogen-bond donors (Lipinski definition) is 2. The Morgan fingerprint density at radius 2 is 1.60 bits per heavy atom. The van der Waals surface area contributed by atoms with Gasteiger partial charge in [0.1, 0.15) is 5.54 Å². The van der Waals surface area contributed by atoms with Crippen LogP contribution in [-0.4, -0.2) is 30.2 Å². The number of nitrogens with one attached hydrogen (secondary N) is 1. The van der Waals surface area contributed by atoms with E-state index in [-0.39, 0.29) is 16.7 Å². The van der Waals surface area contributed by atoms with Gasteiger partial charge < -0.3 is 16.0 Å². The van der Waals surface area contributed by atoms with E-state index in [0.717, 1.165) is 67.7 Å². The predicted molar refractivity (Wildman–Crippen MR) is 186 cm³/mol. The maximum atomic E-state index is 13.6. The zero-order chi connectivity index (χ0) is 34.8. The van der Waals surface area contributed by atoms with Crippen molar-refractivity contribution in [3.8, 4) is 6.07 Å². The average molecular weight is 648 g/mol. The molecule has 1 aliphatic heterocycles. The van der Waals surface area contributed by atoms with Crippen LogP contribution in [0.5, 0.6) is 0 Å². The lowest BCUT2D eigenvalue weighted by molar-refractivity contribution is -0.137. The second-order valence-corrected chi connectivity index (χ2v) is 9.90. The van der Waals surface area contributed by atoms with Crippen LogP contribution in [0.2, 0.25) is 0 Å². The summed E-state index contributed by atoms with van der Waals surface area (Å²) in [7, 11) is 1.50. The number of allylic oxidation sites excluding steroid dienone is 1. The molecule has 250 valence electrons. The molecule has 2 fully saturated rings. The molecule has 1 spiro atoms. The zero-order valence-electron chi connectivity index (χ0n) is 28.3. The molecule has 2 aromatic carbocycles. The number of carbonyl (C=O) groups excluding carboxylic acids is 1. The van der Waals surface area contributed by atoms with Crippen molar-refractivity contribution in [3.63, 3.8) is 0 Å². The lowest BCUT2D eigenvalue weighted by Crippen LogP contribution is -2.55. The third-order valence-corrected chi connectivity index (χ3v) is 7.41. The average Bonchev–Trinajstić information content (AvgIpc) is 3.29. The summed E-state index contributed by atoms with van der Waals surface area (Å²) >= 11 is 5.68. The minimum Gasteiger partial charge on any atom is -0.389 e. The molecule has 1 saturated heterocycles. The van der Waals surface area contributed by atoms with Gasteiger partial charge in [-0.2, -0.15) is 18.4 Å². The Balaban J connectivity index is 0.00000224. The number of thiocarbonyl (C=S) groups is 1. The van der Waals surface area contributed by atoms with Crippen LogP contribution in [0.4, 0.5) is 24.5 Å². The summed E-state index contributed by atoms with van der Waals surface area (Å²) in [6.45, 7) is 19.1. The molecule has 6 nitrogen and oxygen atoms in total. The number of carbonyl (C=O) groups is 1. The molecule has 3 N–H and O–H groups in total. The van der Waals surface area contributed by atoms with Crippen LogP contribution in [0.1, 0.15) is 104 Å². The van der Waals surface area contributed by atoms with Crippen molar-refractivity contribution in [3.05, 3.63) is 71.4 Å². The van der Waals surface area contributed by atoms with Gasteiger partial charge in [0, 0.05) is 17.9 Å². The van der Waals surface area contributed by atoms with E-state index in [1.54, 1.807) is 11.0 Å². The minimum absolute atomic E-state index is 0.0173. The summed E-state index contributed by atoms with van der Waals surface area (Å²) in [6.07, 6.45) is 0.997. The number of nitriles is 1. The number of anilines is 2. The first kappa shape index (κ1) is 41.6. The molecule has 45 heavy (non-hydrogen) atoms. The molecule has 4 rings (SSSR count).